The molecule has 32 heavy (non-hydrogen) atoms. The van der Waals surface area contributed by atoms with E-state index in [9.17, 15) is 0 Å². The summed E-state index contributed by atoms with van der Waals surface area (Å²) in [7, 11) is 1.63. The molecule has 2 N–H and O–H groups in total. The molecule has 0 amide bonds. The van der Waals surface area contributed by atoms with Crippen LogP contribution in [-0.2, 0) is 0 Å². The normalized spacial score (nSPS) is 10.9. The number of fused-ring (bicyclic) bond motifs is 1. The fourth-order valence-electron chi connectivity index (χ4n) is 3.77. The smallest absolute Gasteiger partial charge is 0.207 e. The maximum Gasteiger partial charge on any atom is 0.207 e. The molecule has 0 radical (unpaired) electrons. The van der Waals surface area contributed by atoms with Crippen LogP contribution in [0.2, 0.25) is 0 Å². The molecule has 2 aromatic heterocycles. The summed E-state index contributed by atoms with van der Waals surface area (Å²) in [6.07, 6.45) is 0. The highest BCUT2D eigenvalue weighted by atomic mass is 32.1. The number of rotatable bonds is 4. The lowest BCUT2D eigenvalue weighted by molar-refractivity contribution is 0.414. The number of anilines is 1. The van der Waals surface area contributed by atoms with Crippen molar-refractivity contribution >= 4 is 29.1 Å². The predicted molar refractivity (Wildman–Crippen MR) is 129 cm³/mol. The van der Waals surface area contributed by atoms with E-state index in [-0.39, 0.29) is 0 Å². The lowest BCUT2D eigenvalue weighted by Gasteiger charge is -2.17. The second-order valence-corrected chi connectivity index (χ2v) is 7.53. The Morgan fingerprint density at radius 3 is 2.06 bits per heavy atom. The molecule has 5 rings (SSSR count). The molecule has 0 unspecified atom stereocenters. The van der Waals surface area contributed by atoms with Crippen molar-refractivity contribution in [3.63, 3.8) is 0 Å². The van der Waals surface area contributed by atoms with E-state index >= 15 is 0 Å². The average Bonchev–Trinajstić information content (AvgIpc) is 2.85. The quantitative estimate of drug-likeness (QED) is 0.376. The molecule has 0 aliphatic carbocycles. The minimum atomic E-state index is 0.306. The van der Waals surface area contributed by atoms with Crippen molar-refractivity contribution in [3.8, 4) is 33.8 Å². The second kappa shape index (κ2) is 8.20. The number of hydrogen-bond donors (Lipinski definition) is 1. The SMILES string of the molecule is COc1ccc(-n2c(N)c3c(-c4ccccc4)c(-c4ccccc4)nnc3nc2=S)cc1. The lowest BCUT2D eigenvalue weighted by Crippen LogP contribution is -2.10. The van der Waals surface area contributed by atoms with Gasteiger partial charge in [-0.3, -0.25) is 4.57 Å². The van der Waals surface area contributed by atoms with Gasteiger partial charge in [-0.1, -0.05) is 60.7 Å². The van der Waals surface area contributed by atoms with E-state index < -0.39 is 0 Å². The lowest BCUT2D eigenvalue weighted by atomic mass is 9.97. The molecule has 0 bridgehead atoms. The first-order chi connectivity index (χ1) is 15.7. The summed E-state index contributed by atoms with van der Waals surface area (Å²) in [5.74, 6) is 1.20. The van der Waals surface area contributed by atoms with Gasteiger partial charge in [0.15, 0.2) is 5.65 Å². The molecule has 0 spiro atoms. The molecule has 5 aromatic rings. The molecule has 0 atom stereocenters. The highest BCUT2D eigenvalue weighted by Gasteiger charge is 2.20. The summed E-state index contributed by atoms with van der Waals surface area (Å²) in [4.78, 5) is 4.57. The van der Waals surface area contributed by atoms with Gasteiger partial charge >= 0.3 is 0 Å². The third-order valence-electron chi connectivity index (χ3n) is 5.29. The molecule has 2 heterocycles. The van der Waals surface area contributed by atoms with Crippen molar-refractivity contribution in [3.05, 3.63) is 89.7 Å². The Hall–Kier alpha value is -4.10. The summed E-state index contributed by atoms with van der Waals surface area (Å²) < 4.78 is 7.33. The number of nitrogens with two attached hydrogens (primary N) is 1. The van der Waals surface area contributed by atoms with E-state index in [1.807, 2.05) is 84.9 Å². The maximum absolute atomic E-state index is 6.76. The Morgan fingerprint density at radius 2 is 1.44 bits per heavy atom. The molecule has 6 nitrogen and oxygen atoms in total. The van der Waals surface area contributed by atoms with Crippen LogP contribution in [0.5, 0.6) is 5.75 Å². The van der Waals surface area contributed by atoms with Crippen LogP contribution in [0.15, 0.2) is 84.9 Å². The van der Waals surface area contributed by atoms with Crippen LogP contribution < -0.4 is 10.5 Å². The molecule has 0 saturated carbocycles. The van der Waals surface area contributed by atoms with Gasteiger partial charge in [-0.15, -0.1) is 10.2 Å². The third-order valence-corrected chi connectivity index (χ3v) is 5.56. The summed E-state index contributed by atoms with van der Waals surface area (Å²) >= 11 is 5.57. The number of ether oxygens (including phenoxy) is 1. The molecule has 3 aromatic carbocycles. The van der Waals surface area contributed by atoms with Crippen LogP contribution in [-0.4, -0.2) is 26.9 Å². The monoisotopic (exact) mass is 437 g/mol. The van der Waals surface area contributed by atoms with Gasteiger partial charge in [0.2, 0.25) is 4.77 Å². The minimum absolute atomic E-state index is 0.306. The van der Waals surface area contributed by atoms with E-state index in [1.165, 1.54) is 0 Å². The van der Waals surface area contributed by atoms with E-state index in [4.69, 9.17) is 22.7 Å². The van der Waals surface area contributed by atoms with E-state index in [0.717, 1.165) is 33.8 Å². The van der Waals surface area contributed by atoms with Crippen LogP contribution >= 0.6 is 12.2 Å². The van der Waals surface area contributed by atoms with Gasteiger partial charge < -0.3 is 10.5 Å². The summed E-state index contributed by atoms with van der Waals surface area (Å²) in [5.41, 5.74) is 11.5. The number of nitrogen functional groups attached to an aromatic ring is 1. The molecular formula is C25H19N5OS. The Kier molecular flexibility index (Phi) is 5.09. The van der Waals surface area contributed by atoms with E-state index in [1.54, 1.807) is 11.7 Å². The van der Waals surface area contributed by atoms with Gasteiger partial charge in [0.05, 0.1) is 18.2 Å². The first-order valence-electron chi connectivity index (χ1n) is 10.0. The van der Waals surface area contributed by atoms with Crippen molar-refractivity contribution in [2.24, 2.45) is 0 Å². The molecule has 0 saturated heterocycles. The van der Waals surface area contributed by atoms with E-state index in [0.29, 0.717) is 21.6 Å². The summed E-state index contributed by atoms with van der Waals surface area (Å²) in [6, 6.07) is 27.4. The highest BCUT2D eigenvalue weighted by molar-refractivity contribution is 7.71. The Balaban J connectivity index is 1.88. The zero-order chi connectivity index (χ0) is 22.1. The number of nitrogens with zero attached hydrogens (tertiary/aromatic N) is 4. The number of hydrogen-bond acceptors (Lipinski definition) is 6. The topological polar surface area (TPSA) is 78.9 Å². The Bertz CT molecular complexity index is 1470. The van der Waals surface area contributed by atoms with Gasteiger partial charge in [-0.05, 0) is 42.0 Å². The first kappa shape index (κ1) is 19.8. The van der Waals surface area contributed by atoms with Crippen molar-refractivity contribution in [1.29, 1.82) is 0 Å². The first-order valence-corrected chi connectivity index (χ1v) is 10.4. The minimum Gasteiger partial charge on any atom is -0.497 e. The average molecular weight is 438 g/mol. The maximum atomic E-state index is 6.76. The summed E-state index contributed by atoms with van der Waals surface area (Å²) in [6.45, 7) is 0. The van der Waals surface area contributed by atoms with Gasteiger partial charge in [0, 0.05) is 11.1 Å². The highest BCUT2D eigenvalue weighted by Crippen LogP contribution is 2.38. The van der Waals surface area contributed by atoms with Crippen molar-refractivity contribution in [2.45, 2.75) is 0 Å². The summed E-state index contributed by atoms with van der Waals surface area (Å²) in [5, 5.41) is 9.61. The van der Waals surface area contributed by atoms with Crippen molar-refractivity contribution in [1.82, 2.24) is 19.7 Å². The van der Waals surface area contributed by atoms with Crippen molar-refractivity contribution < 1.29 is 4.74 Å². The van der Waals surface area contributed by atoms with Crippen molar-refractivity contribution in [2.75, 3.05) is 12.8 Å². The number of benzene rings is 3. The number of aromatic nitrogens is 4. The van der Waals surface area contributed by atoms with E-state index in [2.05, 4.69) is 15.2 Å². The van der Waals surface area contributed by atoms with Crippen LogP contribution in [0, 0.1) is 4.77 Å². The zero-order valence-electron chi connectivity index (χ0n) is 17.3. The van der Waals surface area contributed by atoms with Gasteiger partial charge in [0.25, 0.3) is 0 Å². The van der Waals surface area contributed by atoms with Crippen LogP contribution in [0.25, 0.3) is 39.1 Å². The largest absolute Gasteiger partial charge is 0.497 e. The third kappa shape index (κ3) is 3.38. The molecule has 0 aliphatic heterocycles. The fourth-order valence-corrected chi connectivity index (χ4v) is 4.06. The van der Waals surface area contributed by atoms with Crippen LogP contribution in [0.3, 0.4) is 0 Å². The fraction of sp³-hybridized carbons (Fsp3) is 0.0400. The second-order valence-electron chi connectivity index (χ2n) is 7.17. The number of methoxy groups -OCH3 is 1. The Labute approximate surface area is 190 Å². The van der Waals surface area contributed by atoms with Gasteiger partial charge in [-0.25, -0.2) is 0 Å². The molecule has 7 heteroatoms. The van der Waals surface area contributed by atoms with Crippen LogP contribution in [0.1, 0.15) is 0 Å². The van der Waals surface area contributed by atoms with Gasteiger partial charge in [-0.2, -0.15) is 4.98 Å². The zero-order valence-corrected chi connectivity index (χ0v) is 18.1. The van der Waals surface area contributed by atoms with Crippen LogP contribution in [0.4, 0.5) is 5.82 Å². The Morgan fingerprint density at radius 1 is 0.812 bits per heavy atom. The van der Waals surface area contributed by atoms with Gasteiger partial charge in [0.1, 0.15) is 17.3 Å². The predicted octanol–water partition coefficient (Wildman–Crippen LogP) is 5.47. The standard InChI is InChI=1S/C25H19N5OS/c1-31-19-14-12-18(13-15-19)30-23(26)21-20(16-8-4-2-5-9-16)22(17-10-6-3-7-11-17)28-29-24(21)27-25(30)32/h2-15H,26H2,1H3. The molecule has 0 aliphatic rings. The molecule has 156 valence electrons. The molecular weight excluding hydrogens is 418 g/mol. The molecule has 0 fully saturated rings.